The highest BCUT2D eigenvalue weighted by Gasteiger charge is 2.19. The van der Waals surface area contributed by atoms with Crippen molar-refractivity contribution in [2.45, 2.75) is 32.2 Å². The number of carbonyl (C=O) groups is 1. The average molecular weight is 469 g/mol. The summed E-state index contributed by atoms with van der Waals surface area (Å²) in [7, 11) is 0. The second-order valence-electron chi connectivity index (χ2n) is 8.17. The summed E-state index contributed by atoms with van der Waals surface area (Å²) in [6.07, 6.45) is 5.90. The molecule has 0 saturated heterocycles. The van der Waals surface area contributed by atoms with E-state index in [2.05, 4.69) is 16.3 Å². The van der Waals surface area contributed by atoms with Crippen molar-refractivity contribution < 1.29 is 9.53 Å². The number of allylic oxidation sites excluding steroid dienone is 1. The lowest BCUT2D eigenvalue weighted by Gasteiger charge is -2.10. The number of aryl methyl sites for hydroxylation is 1. The predicted molar refractivity (Wildman–Crippen MR) is 131 cm³/mol. The molecule has 1 aliphatic heterocycles. The molecule has 34 heavy (non-hydrogen) atoms. The Balaban J connectivity index is 1.57. The number of nitriles is 1. The van der Waals surface area contributed by atoms with Gasteiger partial charge in [0.2, 0.25) is 0 Å². The van der Waals surface area contributed by atoms with Gasteiger partial charge in [-0.25, -0.2) is 4.79 Å². The normalized spacial score (nSPS) is 13.7. The van der Waals surface area contributed by atoms with Crippen LogP contribution in [0.3, 0.4) is 0 Å². The van der Waals surface area contributed by atoms with E-state index < -0.39 is 5.97 Å². The quantitative estimate of drug-likeness (QED) is 0.205. The van der Waals surface area contributed by atoms with Crippen molar-refractivity contribution in [2.24, 2.45) is 0 Å². The molecule has 1 aromatic heterocycles. The van der Waals surface area contributed by atoms with Gasteiger partial charge in [0.05, 0.1) is 16.2 Å². The summed E-state index contributed by atoms with van der Waals surface area (Å²) in [4.78, 5) is 12.7. The molecule has 5 rings (SSSR count). The van der Waals surface area contributed by atoms with Gasteiger partial charge < -0.3 is 9.30 Å². The Hall–Kier alpha value is -3.95. The largest absolute Gasteiger partial charge is 0.423 e. The number of hydrogen-bond acceptors (Lipinski definition) is 5. The molecule has 0 saturated carbocycles. The molecule has 0 atom stereocenters. The lowest BCUT2D eigenvalue weighted by molar-refractivity contribution is 0.0735. The maximum absolute atomic E-state index is 12.7. The molecular weight excluding hydrogens is 448 g/mol. The first kappa shape index (κ1) is 21.9. The number of hydrogen-bond donors (Lipinski definition) is 0. The highest BCUT2D eigenvalue weighted by atomic mass is 35.5. The van der Waals surface area contributed by atoms with Gasteiger partial charge in [-0.1, -0.05) is 54.4 Å². The van der Waals surface area contributed by atoms with Crippen molar-refractivity contribution in [3.05, 3.63) is 88.5 Å². The molecule has 0 amide bonds. The van der Waals surface area contributed by atoms with Crippen molar-refractivity contribution in [3.8, 4) is 11.8 Å². The number of nitrogens with zero attached hydrogens (tertiary/aromatic N) is 4. The summed E-state index contributed by atoms with van der Waals surface area (Å²) in [6.45, 7) is 0.799. The van der Waals surface area contributed by atoms with E-state index in [1.807, 2.05) is 28.8 Å². The van der Waals surface area contributed by atoms with Crippen LogP contribution in [-0.4, -0.2) is 20.7 Å². The van der Waals surface area contributed by atoms with Crippen LogP contribution in [0.1, 0.15) is 46.8 Å². The van der Waals surface area contributed by atoms with Crippen molar-refractivity contribution >= 4 is 40.0 Å². The van der Waals surface area contributed by atoms with E-state index in [1.165, 1.54) is 0 Å². The van der Waals surface area contributed by atoms with E-state index in [4.69, 9.17) is 16.3 Å². The summed E-state index contributed by atoms with van der Waals surface area (Å²) in [5.74, 6) is 1.31. The van der Waals surface area contributed by atoms with E-state index >= 15 is 0 Å². The molecule has 0 radical (unpaired) electrons. The fourth-order valence-electron chi connectivity index (χ4n) is 4.27. The standard InChI is InChI=1S/C27H21ClN4O2/c28-24-11-6-5-10-23(24)27(33)34-21-15-18-8-3-4-9-22(18)19(16-21)14-20(17-29)26-31-30-25-12-2-1-7-13-32(25)26/h3-6,8-11,14-16H,1-2,7,12-13H2/b20-14+. The zero-order valence-corrected chi connectivity index (χ0v) is 19.1. The minimum atomic E-state index is -0.543. The predicted octanol–water partition coefficient (Wildman–Crippen LogP) is 6.09. The molecule has 0 spiro atoms. The molecule has 4 aromatic rings. The van der Waals surface area contributed by atoms with E-state index in [0.717, 1.165) is 54.4 Å². The maximum Gasteiger partial charge on any atom is 0.345 e. The van der Waals surface area contributed by atoms with Gasteiger partial charge in [-0.2, -0.15) is 5.26 Å². The van der Waals surface area contributed by atoms with Gasteiger partial charge in [0, 0.05) is 13.0 Å². The van der Waals surface area contributed by atoms with E-state index in [0.29, 0.717) is 27.7 Å². The molecule has 168 valence electrons. The number of aromatic nitrogens is 3. The van der Waals surface area contributed by atoms with Gasteiger partial charge in [-0.05, 0) is 59.5 Å². The van der Waals surface area contributed by atoms with Crippen molar-refractivity contribution in [3.63, 3.8) is 0 Å². The Bertz CT molecular complexity index is 1470. The number of rotatable bonds is 4. The number of esters is 1. The van der Waals surface area contributed by atoms with E-state index in [9.17, 15) is 10.1 Å². The van der Waals surface area contributed by atoms with Crippen LogP contribution in [0.2, 0.25) is 5.02 Å². The Morgan fingerprint density at radius 3 is 2.74 bits per heavy atom. The van der Waals surface area contributed by atoms with Crippen LogP contribution in [0.15, 0.2) is 60.7 Å². The first-order valence-corrected chi connectivity index (χ1v) is 11.6. The van der Waals surface area contributed by atoms with Gasteiger partial charge in [0.25, 0.3) is 0 Å². The fourth-order valence-corrected chi connectivity index (χ4v) is 4.48. The molecule has 6 nitrogen and oxygen atoms in total. The summed E-state index contributed by atoms with van der Waals surface area (Å²) < 4.78 is 7.72. The number of ether oxygens (including phenoxy) is 1. The molecule has 0 fully saturated rings. The Labute approximate surface area is 202 Å². The zero-order chi connectivity index (χ0) is 23.5. The van der Waals surface area contributed by atoms with Crippen LogP contribution < -0.4 is 4.74 Å². The number of benzene rings is 3. The summed E-state index contributed by atoms with van der Waals surface area (Å²) in [5.41, 5.74) is 1.46. The minimum Gasteiger partial charge on any atom is -0.423 e. The lowest BCUT2D eigenvalue weighted by atomic mass is 10.0. The molecule has 7 heteroatoms. The summed E-state index contributed by atoms with van der Waals surface area (Å²) >= 11 is 6.16. The monoisotopic (exact) mass is 468 g/mol. The van der Waals surface area contributed by atoms with Crippen LogP contribution in [0.5, 0.6) is 5.75 Å². The molecule has 3 aromatic carbocycles. The van der Waals surface area contributed by atoms with Crippen LogP contribution >= 0.6 is 11.6 Å². The highest BCUT2D eigenvalue weighted by molar-refractivity contribution is 6.33. The molecule has 2 heterocycles. The second kappa shape index (κ2) is 9.50. The van der Waals surface area contributed by atoms with Gasteiger partial charge in [-0.3, -0.25) is 0 Å². The van der Waals surface area contributed by atoms with Gasteiger partial charge in [0.1, 0.15) is 17.6 Å². The fraction of sp³-hybridized carbons (Fsp3) is 0.185. The first-order valence-electron chi connectivity index (χ1n) is 11.2. The minimum absolute atomic E-state index is 0.290. The first-order chi connectivity index (χ1) is 16.6. The highest BCUT2D eigenvalue weighted by Crippen LogP contribution is 2.30. The zero-order valence-electron chi connectivity index (χ0n) is 18.4. The summed E-state index contributed by atoms with van der Waals surface area (Å²) in [5, 5.41) is 20.8. The SMILES string of the molecule is N#C/C(=C\c1cc(OC(=O)c2ccccc2Cl)cc2ccccc12)c1nnc2n1CCCCC2. The van der Waals surface area contributed by atoms with Gasteiger partial charge >= 0.3 is 5.97 Å². The van der Waals surface area contributed by atoms with Crippen LogP contribution in [-0.2, 0) is 13.0 Å². The number of fused-ring (bicyclic) bond motifs is 2. The summed E-state index contributed by atoms with van der Waals surface area (Å²) in [6, 6.07) is 20.4. The molecule has 1 aliphatic rings. The van der Waals surface area contributed by atoms with Crippen molar-refractivity contribution in [1.29, 1.82) is 5.26 Å². The third-order valence-electron chi connectivity index (χ3n) is 5.94. The molecule has 0 bridgehead atoms. The van der Waals surface area contributed by atoms with Crippen LogP contribution in [0, 0.1) is 11.3 Å². The average Bonchev–Trinajstić information content (AvgIpc) is 3.10. The van der Waals surface area contributed by atoms with Crippen molar-refractivity contribution in [1.82, 2.24) is 14.8 Å². The molecule has 0 unspecified atom stereocenters. The third kappa shape index (κ3) is 4.30. The number of halogens is 1. The molecule has 0 N–H and O–H groups in total. The molecular formula is C27H21ClN4O2. The Morgan fingerprint density at radius 1 is 1.06 bits per heavy atom. The molecule has 0 aliphatic carbocycles. The van der Waals surface area contributed by atoms with E-state index in [1.54, 1.807) is 42.5 Å². The van der Waals surface area contributed by atoms with Crippen molar-refractivity contribution in [2.75, 3.05) is 0 Å². The maximum atomic E-state index is 12.7. The third-order valence-corrected chi connectivity index (χ3v) is 6.27. The number of carbonyl (C=O) groups excluding carboxylic acids is 1. The van der Waals surface area contributed by atoms with Gasteiger partial charge in [0.15, 0.2) is 5.82 Å². The topological polar surface area (TPSA) is 80.8 Å². The van der Waals surface area contributed by atoms with Crippen LogP contribution in [0.4, 0.5) is 0 Å². The Morgan fingerprint density at radius 2 is 1.88 bits per heavy atom. The smallest absolute Gasteiger partial charge is 0.345 e. The van der Waals surface area contributed by atoms with Crippen LogP contribution in [0.25, 0.3) is 22.4 Å². The lowest BCUT2D eigenvalue weighted by Crippen LogP contribution is -2.09. The van der Waals surface area contributed by atoms with Gasteiger partial charge in [-0.15, -0.1) is 10.2 Å². The van der Waals surface area contributed by atoms with E-state index in [-0.39, 0.29) is 0 Å². The Kier molecular flexibility index (Phi) is 6.11. The second-order valence-corrected chi connectivity index (χ2v) is 8.58.